The fourth-order valence-corrected chi connectivity index (χ4v) is 5.35. The van der Waals surface area contributed by atoms with E-state index >= 15 is 0 Å². The second-order valence-corrected chi connectivity index (χ2v) is 9.51. The fraction of sp³-hybridized carbons (Fsp3) is 0.600. The lowest BCUT2D eigenvalue weighted by molar-refractivity contribution is -0.166. The van der Waals surface area contributed by atoms with E-state index in [4.69, 9.17) is 33.7 Å². The van der Waals surface area contributed by atoms with Crippen molar-refractivity contribution in [2.45, 2.75) is 59.2 Å². The summed E-state index contributed by atoms with van der Waals surface area (Å²) in [6, 6.07) is 0. The van der Waals surface area contributed by atoms with Crippen LogP contribution in [0.25, 0.3) is 11.2 Å². The molecule has 0 aliphatic carbocycles. The largest absolute Gasteiger partial charge is 0.463 e. The number of anilines is 1. The summed E-state index contributed by atoms with van der Waals surface area (Å²) < 4.78 is 47.5. The molecule has 0 bridgehead atoms. The van der Waals surface area contributed by atoms with Crippen molar-refractivity contribution in [1.82, 2.24) is 19.5 Å². The average Bonchev–Trinajstić information content (AvgIpc) is 3.32. The van der Waals surface area contributed by atoms with Gasteiger partial charge in [0.15, 0.2) is 29.5 Å². The molecule has 0 unspecified atom stereocenters. The van der Waals surface area contributed by atoms with E-state index in [0.29, 0.717) is 0 Å². The summed E-state index contributed by atoms with van der Waals surface area (Å²) in [7, 11) is -3.93. The molecule has 1 aliphatic heterocycles. The van der Waals surface area contributed by atoms with Gasteiger partial charge in [-0.15, -0.1) is 0 Å². The van der Waals surface area contributed by atoms with Gasteiger partial charge < -0.3 is 33.7 Å². The van der Waals surface area contributed by atoms with Crippen LogP contribution in [-0.2, 0) is 46.9 Å². The van der Waals surface area contributed by atoms with Crippen LogP contribution >= 0.6 is 7.60 Å². The van der Waals surface area contributed by atoms with E-state index < -0.39 is 50.0 Å². The van der Waals surface area contributed by atoms with Crippen molar-refractivity contribution >= 4 is 48.1 Å². The molecule has 198 valence electrons. The van der Waals surface area contributed by atoms with Gasteiger partial charge >= 0.3 is 25.5 Å². The number of ether oxygens (including phenoxy) is 4. The molecule has 0 aromatic carbocycles. The highest BCUT2D eigenvalue weighted by atomic mass is 31.2. The van der Waals surface area contributed by atoms with Crippen LogP contribution < -0.4 is 11.2 Å². The molecule has 1 saturated heterocycles. The molecule has 1 aliphatic rings. The standard InChI is InChI=1S/C20H28N5O10P/c1-6-31-36(29,32-7-2)18-14-17(23-20(21)24-18)25(9-22-14)19-16(34-12(5)28)15(33-11(4)27)13(35-19)8-30-10(3)26/h9,13,15-16,19H,6-8H2,1-5H3,(H2,21,23,24)/t13-,15-,16-,19-/m1/s1. The van der Waals surface area contributed by atoms with Gasteiger partial charge in [-0.3, -0.25) is 23.5 Å². The number of nitrogen functional groups attached to an aromatic ring is 1. The number of rotatable bonds is 10. The Labute approximate surface area is 206 Å². The van der Waals surface area contributed by atoms with Crippen LogP contribution in [-0.4, -0.2) is 75.6 Å². The topological polar surface area (TPSA) is 193 Å². The van der Waals surface area contributed by atoms with Crippen LogP contribution in [0.4, 0.5) is 5.95 Å². The Morgan fingerprint density at radius 2 is 1.64 bits per heavy atom. The van der Waals surface area contributed by atoms with Gasteiger partial charge in [0, 0.05) is 20.8 Å². The van der Waals surface area contributed by atoms with Gasteiger partial charge in [0.2, 0.25) is 5.95 Å². The summed E-state index contributed by atoms with van der Waals surface area (Å²) >= 11 is 0. The zero-order valence-corrected chi connectivity index (χ0v) is 21.3. The summed E-state index contributed by atoms with van der Waals surface area (Å²) in [5, 5.41) is 0. The minimum Gasteiger partial charge on any atom is -0.463 e. The lowest BCUT2D eigenvalue weighted by Crippen LogP contribution is -2.40. The lowest BCUT2D eigenvalue weighted by atomic mass is 10.1. The minimum atomic E-state index is -3.93. The molecule has 3 rings (SSSR count). The first-order chi connectivity index (χ1) is 17.0. The first-order valence-corrected chi connectivity index (χ1v) is 12.6. The molecule has 36 heavy (non-hydrogen) atoms. The number of carbonyl (C=O) groups excluding carboxylic acids is 3. The maximum Gasteiger partial charge on any atom is 0.382 e. The predicted octanol–water partition coefficient (Wildman–Crippen LogP) is 0.624. The quantitative estimate of drug-likeness (QED) is 0.256. The highest BCUT2D eigenvalue weighted by molar-refractivity contribution is 7.62. The van der Waals surface area contributed by atoms with Crippen LogP contribution in [0.15, 0.2) is 6.33 Å². The smallest absolute Gasteiger partial charge is 0.382 e. The van der Waals surface area contributed by atoms with Gasteiger partial charge in [-0.2, -0.15) is 4.98 Å². The number of nitrogens with two attached hydrogens (primary N) is 1. The number of nitrogens with zero attached hydrogens (tertiary/aromatic N) is 4. The number of fused-ring (bicyclic) bond motifs is 1. The van der Waals surface area contributed by atoms with Gasteiger partial charge in [-0.05, 0) is 13.8 Å². The first-order valence-electron chi connectivity index (χ1n) is 11.0. The molecule has 1 fully saturated rings. The molecule has 2 aromatic heterocycles. The number of imidazole rings is 1. The third kappa shape index (κ3) is 5.81. The van der Waals surface area contributed by atoms with Crippen molar-refractivity contribution in [3.63, 3.8) is 0 Å². The maximum atomic E-state index is 13.4. The monoisotopic (exact) mass is 529 g/mol. The van der Waals surface area contributed by atoms with Gasteiger partial charge in [-0.25, -0.2) is 9.97 Å². The van der Waals surface area contributed by atoms with E-state index in [1.54, 1.807) is 13.8 Å². The average molecular weight is 529 g/mol. The van der Waals surface area contributed by atoms with E-state index in [0.717, 1.165) is 0 Å². The Bertz CT molecular complexity index is 1180. The molecular weight excluding hydrogens is 501 g/mol. The zero-order valence-electron chi connectivity index (χ0n) is 20.4. The lowest BCUT2D eigenvalue weighted by Gasteiger charge is -2.23. The summed E-state index contributed by atoms with van der Waals surface area (Å²) in [6.45, 7) is 6.66. The van der Waals surface area contributed by atoms with Crippen molar-refractivity contribution in [2.75, 3.05) is 25.6 Å². The Kier molecular flexibility index (Phi) is 8.61. The number of esters is 3. The fourth-order valence-electron chi connectivity index (χ4n) is 3.71. The van der Waals surface area contributed by atoms with Crippen LogP contribution in [0.2, 0.25) is 0 Å². The Balaban J connectivity index is 2.14. The van der Waals surface area contributed by atoms with Crippen molar-refractivity contribution in [1.29, 1.82) is 0 Å². The van der Waals surface area contributed by atoms with Crippen LogP contribution in [0, 0.1) is 0 Å². The highest BCUT2D eigenvalue weighted by Gasteiger charge is 2.51. The van der Waals surface area contributed by atoms with Crippen LogP contribution in [0.5, 0.6) is 0 Å². The second kappa shape index (κ2) is 11.3. The minimum absolute atomic E-state index is 0.0482. The summed E-state index contributed by atoms with van der Waals surface area (Å²) in [4.78, 5) is 47.6. The molecule has 0 spiro atoms. The van der Waals surface area contributed by atoms with Crippen molar-refractivity contribution in [3.8, 4) is 0 Å². The van der Waals surface area contributed by atoms with Crippen molar-refractivity contribution < 1.29 is 46.9 Å². The first kappa shape index (κ1) is 27.5. The Morgan fingerprint density at radius 1 is 1.03 bits per heavy atom. The summed E-state index contributed by atoms with van der Waals surface area (Å²) in [5.41, 5.74) is 5.87. The molecule has 16 heteroatoms. The summed E-state index contributed by atoms with van der Waals surface area (Å²) in [5.74, 6) is -2.20. The van der Waals surface area contributed by atoms with E-state index in [1.165, 1.54) is 31.7 Å². The third-order valence-electron chi connectivity index (χ3n) is 4.89. The van der Waals surface area contributed by atoms with Gasteiger partial charge in [0.25, 0.3) is 0 Å². The van der Waals surface area contributed by atoms with Gasteiger partial charge in [0.1, 0.15) is 18.2 Å². The van der Waals surface area contributed by atoms with E-state index in [-0.39, 0.29) is 42.4 Å². The van der Waals surface area contributed by atoms with E-state index in [9.17, 15) is 18.9 Å². The SMILES string of the molecule is CCOP(=O)(OCC)c1nc(N)nc2c1ncn2[C@@H]1O[C@H](COC(C)=O)[C@@H](OC(C)=O)[C@H]1OC(C)=O. The number of hydrogen-bond donors (Lipinski definition) is 1. The van der Waals surface area contributed by atoms with Crippen LogP contribution in [0.3, 0.4) is 0 Å². The number of hydrogen-bond acceptors (Lipinski definition) is 14. The molecule has 0 radical (unpaired) electrons. The third-order valence-corrected chi connectivity index (χ3v) is 6.92. The highest BCUT2D eigenvalue weighted by Crippen LogP contribution is 2.48. The van der Waals surface area contributed by atoms with E-state index in [2.05, 4.69) is 15.0 Å². The van der Waals surface area contributed by atoms with Gasteiger partial charge in [0.05, 0.1) is 19.5 Å². The van der Waals surface area contributed by atoms with Crippen molar-refractivity contribution in [3.05, 3.63) is 6.33 Å². The molecule has 3 heterocycles. The zero-order chi connectivity index (χ0) is 26.6. The Hall–Kier alpha value is -3.13. The van der Waals surface area contributed by atoms with Crippen molar-refractivity contribution in [2.24, 2.45) is 0 Å². The molecular formula is C20H28N5O10P. The molecule has 2 aromatic rings. The van der Waals surface area contributed by atoms with Crippen LogP contribution in [0.1, 0.15) is 40.8 Å². The normalized spacial score (nSPS) is 21.9. The number of carbonyl (C=O) groups is 3. The molecule has 4 atom stereocenters. The van der Waals surface area contributed by atoms with Gasteiger partial charge in [-0.1, -0.05) is 0 Å². The molecule has 15 nitrogen and oxygen atoms in total. The molecule has 0 saturated carbocycles. The molecule has 0 amide bonds. The Morgan fingerprint density at radius 3 is 2.19 bits per heavy atom. The maximum absolute atomic E-state index is 13.4. The molecule has 2 N–H and O–H groups in total. The van der Waals surface area contributed by atoms with E-state index in [1.807, 2.05) is 0 Å². The number of aromatic nitrogens is 4. The predicted molar refractivity (Wildman–Crippen MR) is 122 cm³/mol. The summed E-state index contributed by atoms with van der Waals surface area (Å²) in [6.07, 6.45) is -3.19. The second-order valence-electron chi connectivity index (χ2n) is 7.58.